The monoisotopic (exact) mass is 228 g/mol. The minimum atomic E-state index is 0.744. The quantitative estimate of drug-likeness (QED) is 0.878. The fourth-order valence-corrected chi connectivity index (χ4v) is 2.27. The van der Waals surface area contributed by atoms with Gasteiger partial charge in [0.15, 0.2) is 5.76 Å². The molecule has 0 saturated heterocycles. The zero-order chi connectivity index (χ0) is 9.97. The van der Waals surface area contributed by atoms with Crippen molar-refractivity contribution >= 4 is 22.9 Å². The van der Waals surface area contributed by atoms with Crippen LogP contribution in [0.15, 0.2) is 22.9 Å². The Morgan fingerprint density at radius 2 is 2.43 bits per heavy atom. The average molecular weight is 229 g/mol. The molecular weight excluding hydrogens is 220 g/mol. The molecule has 2 heterocycles. The van der Waals surface area contributed by atoms with Crippen LogP contribution in [0.4, 0.5) is 0 Å². The van der Waals surface area contributed by atoms with E-state index in [0.717, 1.165) is 27.1 Å². The molecule has 0 unspecified atom stereocenters. The second-order valence-electron chi connectivity index (χ2n) is 2.81. The van der Waals surface area contributed by atoms with E-state index in [0.29, 0.717) is 0 Å². The minimum Gasteiger partial charge on any atom is -0.355 e. The number of hydrogen-bond acceptors (Lipinski definition) is 4. The van der Waals surface area contributed by atoms with E-state index in [1.165, 1.54) is 11.3 Å². The van der Waals surface area contributed by atoms with E-state index in [2.05, 4.69) is 10.5 Å². The van der Waals surface area contributed by atoms with Crippen molar-refractivity contribution in [1.82, 2.24) is 10.5 Å². The van der Waals surface area contributed by atoms with Gasteiger partial charge < -0.3 is 9.84 Å². The van der Waals surface area contributed by atoms with Crippen molar-refractivity contribution < 1.29 is 4.52 Å². The van der Waals surface area contributed by atoms with Gasteiger partial charge in [-0.25, -0.2) is 0 Å². The third-order valence-corrected chi connectivity index (χ3v) is 3.04. The summed E-state index contributed by atoms with van der Waals surface area (Å²) in [4.78, 5) is 1.01. The van der Waals surface area contributed by atoms with Gasteiger partial charge in [-0.3, -0.25) is 0 Å². The summed E-state index contributed by atoms with van der Waals surface area (Å²) >= 11 is 7.34. The second-order valence-corrected chi connectivity index (χ2v) is 4.53. The molecule has 0 bridgehead atoms. The first kappa shape index (κ1) is 9.71. The number of rotatable bonds is 3. The van der Waals surface area contributed by atoms with Gasteiger partial charge in [0.05, 0.1) is 15.4 Å². The molecule has 0 aliphatic carbocycles. The Morgan fingerprint density at radius 3 is 3.07 bits per heavy atom. The molecular formula is C9H9ClN2OS. The summed E-state index contributed by atoms with van der Waals surface area (Å²) in [5.74, 6) is 0.802. The summed E-state index contributed by atoms with van der Waals surface area (Å²) in [6, 6.07) is 3.79. The van der Waals surface area contributed by atoms with Gasteiger partial charge >= 0.3 is 0 Å². The highest BCUT2D eigenvalue weighted by Gasteiger charge is 2.11. The highest BCUT2D eigenvalue weighted by atomic mass is 35.5. The topological polar surface area (TPSA) is 38.1 Å². The first-order valence-electron chi connectivity index (χ1n) is 4.15. The van der Waals surface area contributed by atoms with Gasteiger partial charge in [0.25, 0.3) is 0 Å². The van der Waals surface area contributed by atoms with Gasteiger partial charge in [0.2, 0.25) is 0 Å². The SMILES string of the molecule is CNCc1cnoc1-c1ccc(Cl)s1. The molecule has 0 aliphatic heterocycles. The Hall–Kier alpha value is -0.840. The Labute approximate surface area is 90.7 Å². The summed E-state index contributed by atoms with van der Waals surface area (Å²) in [5.41, 5.74) is 1.05. The van der Waals surface area contributed by atoms with Crippen LogP contribution in [0.1, 0.15) is 5.56 Å². The molecule has 14 heavy (non-hydrogen) atoms. The van der Waals surface area contributed by atoms with E-state index in [1.807, 2.05) is 19.2 Å². The summed E-state index contributed by atoms with van der Waals surface area (Å²) in [7, 11) is 1.89. The highest BCUT2D eigenvalue weighted by molar-refractivity contribution is 7.19. The maximum atomic E-state index is 5.85. The largest absolute Gasteiger partial charge is 0.355 e. The first-order chi connectivity index (χ1) is 6.81. The maximum absolute atomic E-state index is 5.85. The van der Waals surface area contributed by atoms with Crippen LogP contribution in [0.25, 0.3) is 10.6 Å². The molecule has 0 fully saturated rings. The Balaban J connectivity index is 2.36. The summed E-state index contributed by atoms with van der Waals surface area (Å²) in [6.45, 7) is 0.744. The molecule has 1 N–H and O–H groups in total. The number of halogens is 1. The minimum absolute atomic E-state index is 0.744. The molecule has 0 aromatic carbocycles. The molecule has 74 valence electrons. The predicted molar refractivity (Wildman–Crippen MR) is 57.6 cm³/mol. The van der Waals surface area contributed by atoms with Crippen LogP contribution in [0, 0.1) is 0 Å². The molecule has 2 aromatic heterocycles. The lowest BCUT2D eigenvalue weighted by Crippen LogP contribution is -2.04. The summed E-state index contributed by atoms with van der Waals surface area (Å²) < 4.78 is 5.93. The fraction of sp³-hybridized carbons (Fsp3) is 0.222. The molecule has 0 spiro atoms. The van der Waals surface area contributed by atoms with Crippen molar-refractivity contribution in [2.24, 2.45) is 0 Å². The van der Waals surface area contributed by atoms with Crippen LogP contribution in [0.5, 0.6) is 0 Å². The maximum Gasteiger partial charge on any atom is 0.181 e. The lowest BCUT2D eigenvalue weighted by atomic mass is 10.2. The average Bonchev–Trinajstić information content (AvgIpc) is 2.74. The normalized spacial score (nSPS) is 10.7. The standard InChI is InChI=1S/C9H9ClN2OS/c1-11-4-6-5-12-13-9(6)7-2-3-8(10)14-7/h2-3,5,11H,4H2,1H3. The predicted octanol–water partition coefficient (Wildman–Crippen LogP) is 2.78. The van der Waals surface area contributed by atoms with Crippen LogP contribution < -0.4 is 5.32 Å². The Morgan fingerprint density at radius 1 is 1.57 bits per heavy atom. The van der Waals surface area contributed by atoms with Crippen molar-refractivity contribution in [1.29, 1.82) is 0 Å². The van der Waals surface area contributed by atoms with Crippen molar-refractivity contribution in [2.45, 2.75) is 6.54 Å². The van der Waals surface area contributed by atoms with Gasteiger partial charge in [0.1, 0.15) is 0 Å². The van der Waals surface area contributed by atoms with Crippen LogP contribution >= 0.6 is 22.9 Å². The van der Waals surface area contributed by atoms with Gasteiger partial charge in [-0.2, -0.15) is 0 Å². The van der Waals surface area contributed by atoms with E-state index in [1.54, 1.807) is 6.20 Å². The van der Waals surface area contributed by atoms with Gasteiger partial charge in [0, 0.05) is 12.1 Å². The van der Waals surface area contributed by atoms with Crippen molar-refractivity contribution in [3.8, 4) is 10.6 Å². The van der Waals surface area contributed by atoms with Crippen LogP contribution in [-0.2, 0) is 6.54 Å². The zero-order valence-electron chi connectivity index (χ0n) is 7.58. The molecule has 0 radical (unpaired) electrons. The molecule has 2 aromatic rings. The van der Waals surface area contributed by atoms with E-state index in [4.69, 9.17) is 16.1 Å². The van der Waals surface area contributed by atoms with Crippen molar-refractivity contribution in [3.05, 3.63) is 28.2 Å². The Kier molecular flexibility index (Phi) is 2.86. The number of nitrogens with one attached hydrogen (secondary N) is 1. The van der Waals surface area contributed by atoms with E-state index < -0.39 is 0 Å². The molecule has 5 heteroatoms. The van der Waals surface area contributed by atoms with Gasteiger partial charge in [-0.15, -0.1) is 11.3 Å². The van der Waals surface area contributed by atoms with Crippen molar-refractivity contribution in [3.63, 3.8) is 0 Å². The van der Waals surface area contributed by atoms with Crippen LogP contribution in [0.2, 0.25) is 4.34 Å². The van der Waals surface area contributed by atoms with Gasteiger partial charge in [-0.05, 0) is 19.2 Å². The first-order valence-corrected chi connectivity index (χ1v) is 5.34. The number of thiophene rings is 1. The van der Waals surface area contributed by atoms with Crippen LogP contribution in [0.3, 0.4) is 0 Å². The molecule has 2 rings (SSSR count). The number of hydrogen-bond donors (Lipinski definition) is 1. The highest BCUT2D eigenvalue weighted by Crippen LogP contribution is 2.32. The van der Waals surface area contributed by atoms with E-state index in [-0.39, 0.29) is 0 Å². The number of nitrogens with zero attached hydrogens (tertiary/aromatic N) is 1. The van der Waals surface area contributed by atoms with Crippen molar-refractivity contribution in [2.75, 3.05) is 7.05 Å². The lowest BCUT2D eigenvalue weighted by molar-refractivity contribution is 0.432. The summed E-state index contributed by atoms with van der Waals surface area (Å²) in [6.07, 6.45) is 1.72. The molecule has 0 amide bonds. The third kappa shape index (κ3) is 1.82. The number of aromatic nitrogens is 1. The smallest absolute Gasteiger partial charge is 0.181 e. The second kappa shape index (κ2) is 4.13. The summed E-state index contributed by atoms with van der Waals surface area (Å²) in [5, 5.41) is 6.83. The molecule has 0 atom stereocenters. The van der Waals surface area contributed by atoms with Gasteiger partial charge in [-0.1, -0.05) is 16.8 Å². The van der Waals surface area contributed by atoms with Crippen LogP contribution in [-0.4, -0.2) is 12.2 Å². The zero-order valence-corrected chi connectivity index (χ0v) is 9.15. The third-order valence-electron chi connectivity index (χ3n) is 1.81. The molecule has 0 saturated carbocycles. The fourth-order valence-electron chi connectivity index (χ4n) is 1.22. The van der Waals surface area contributed by atoms with E-state index in [9.17, 15) is 0 Å². The Bertz CT molecular complexity index is 424. The van der Waals surface area contributed by atoms with E-state index >= 15 is 0 Å². The molecule has 3 nitrogen and oxygen atoms in total. The molecule has 0 aliphatic rings. The lowest BCUT2D eigenvalue weighted by Gasteiger charge is -1.96.